The quantitative estimate of drug-likeness (QED) is 0.838. The van der Waals surface area contributed by atoms with E-state index in [1.165, 1.54) is 11.3 Å². The van der Waals surface area contributed by atoms with Gasteiger partial charge in [-0.05, 0) is 18.4 Å². The van der Waals surface area contributed by atoms with Gasteiger partial charge >= 0.3 is 5.97 Å². The molecule has 2 heterocycles. The van der Waals surface area contributed by atoms with E-state index in [-0.39, 0.29) is 5.91 Å². The number of hydrogen-bond donors (Lipinski definition) is 2. The molecule has 2 unspecified atom stereocenters. The number of hydrogen-bond acceptors (Lipinski definition) is 5. The van der Waals surface area contributed by atoms with Gasteiger partial charge in [0.05, 0.1) is 0 Å². The third-order valence-electron chi connectivity index (χ3n) is 3.65. The van der Waals surface area contributed by atoms with Gasteiger partial charge in [0, 0.05) is 31.1 Å². The lowest BCUT2D eigenvalue weighted by Gasteiger charge is -2.37. The van der Waals surface area contributed by atoms with Gasteiger partial charge in [-0.15, -0.1) is 11.3 Å². The van der Waals surface area contributed by atoms with Gasteiger partial charge in [-0.1, -0.05) is 6.07 Å². The Kier molecular flexibility index (Phi) is 4.74. The predicted octanol–water partition coefficient (Wildman–Crippen LogP) is 0.365. The molecule has 1 aromatic rings. The van der Waals surface area contributed by atoms with Crippen LogP contribution in [0.2, 0.25) is 0 Å². The standard InChI is InChI=1S/C13H19N3O3S/c1-9(13(18)19)15-4-6-16(7-5-15)12(17)11(14)10-3-2-8-20-10/h2-3,8-9,11H,4-7,14H2,1H3,(H,18,19). The first-order valence-corrected chi connectivity index (χ1v) is 7.43. The van der Waals surface area contributed by atoms with E-state index in [0.29, 0.717) is 26.2 Å². The first-order chi connectivity index (χ1) is 9.50. The topological polar surface area (TPSA) is 86.9 Å². The molecule has 110 valence electrons. The molecule has 1 aromatic heterocycles. The maximum absolute atomic E-state index is 12.3. The molecule has 1 aliphatic heterocycles. The van der Waals surface area contributed by atoms with Crippen molar-refractivity contribution in [2.45, 2.75) is 19.0 Å². The van der Waals surface area contributed by atoms with E-state index in [9.17, 15) is 9.59 Å². The van der Waals surface area contributed by atoms with Gasteiger partial charge in [0.1, 0.15) is 12.1 Å². The number of aliphatic carboxylic acids is 1. The predicted molar refractivity (Wildman–Crippen MR) is 76.5 cm³/mol. The number of carbonyl (C=O) groups is 2. The molecule has 0 spiro atoms. The fraction of sp³-hybridized carbons (Fsp3) is 0.538. The SMILES string of the molecule is CC(C(=O)O)N1CCN(C(=O)C(N)c2cccs2)CC1. The number of carboxylic acids is 1. The fourth-order valence-corrected chi connectivity index (χ4v) is 2.99. The summed E-state index contributed by atoms with van der Waals surface area (Å²) in [5, 5.41) is 10.9. The van der Waals surface area contributed by atoms with Gasteiger partial charge in [-0.25, -0.2) is 0 Å². The van der Waals surface area contributed by atoms with Crippen LogP contribution in [-0.2, 0) is 9.59 Å². The molecule has 6 nitrogen and oxygen atoms in total. The first kappa shape index (κ1) is 15.0. The van der Waals surface area contributed by atoms with Crippen molar-refractivity contribution in [3.63, 3.8) is 0 Å². The molecule has 0 radical (unpaired) electrons. The van der Waals surface area contributed by atoms with Gasteiger partial charge in [-0.3, -0.25) is 14.5 Å². The number of carbonyl (C=O) groups excluding carboxylic acids is 1. The number of thiophene rings is 1. The smallest absolute Gasteiger partial charge is 0.320 e. The summed E-state index contributed by atoms with van der Waals surface area (Å²) in [6, 6.07) is 2.60. The molecular formula is C13H19N3O3S. The third-order valence-corrected chi connectivity index (χ3v) is 4.60. The summed E-state index contributed by atoms with van der Waals surface area (Å²) in [5.41, 5.74) is 5.97. The van der Waals surface area contributed by atoms with Crippen LogP contribution in [0.4, 0.5) is 0 Å². The van der Waals surface area contributed by atoms with Crippen molar-refractivity contribution in [1.82, 2.24) is 9.80 Å². The Morgan fingerprint density at radius 3 is 2.50 bits per heavy atom. The first-order valence-electron chi connectivity index (χ1n) is 6.55. The fourth-order valence-electron chi connectivity index (χ4n) is 2.27. The number of nitrogens with two attached hydrogens (primary N) is 1. The molecule has 3 N–H and O–H groups in total. The van der Waals surface area contributed by atoms with Gasteiger partial charge in [0.15, 0.2) is 0 Å². The van der Waals surface area contributed by atoms with Crippen LogP contribution in [0, 0.1) is 0 Å². The molecule has 0 saturated carbocycles. The minimum Gasteiger partial charge on any atom is -0.480 e. The molecule has 1 saturated heterocycles. The maximum atomic E-state index is 12.3. The average molecular weight is 297 g/mol. The van der Waals surface area contributed by atoms with E-state index in [2.05, 4.69) is 0 Å². The van der Waals surface area contributed by atoms with E-state index in [4.69, 9.17) is 10.8 Å². The molecule has 1 aliphatic rings. The molecule has 1 amide bonds. The summed E-state index contributed by atoms with van der Waals surface area (Å²) in [6.45, 7) is 3.84. The van der Waals surface area contributed by atoms with Gasteiger partial charge in [0.2, 0.25) is 5.91 Å². The van der Waals surface area contributed by atoms with Crippen LogP contribution in [0.15, 0.2) is 17.5 Å². The monoisotopic (exact) mass is 297 g/mol. The maximum Gasteiger partial charge on any atom is 0.320 e. The van der Waals surface area contributed by atoms with Crippen LogP contribution in [0.25, 0.3) is 0 Å². The van der Waals surface area contributed by atoms with Crippen LogP contribution in [0.5, 0.6) is 0 Å². The normalized spacial score (nSPS) is 19.6. The molecule has 0 bridgehead atoms. The Hall–Kier alpha value is -1.44. The largest absolute Gasteiger partial charge is 0.480 e. The van der Waals surface area contributed by atoms with Crippen LogP contribution in [0.1, 0.15) is 17.8 Å². The van der Waals surface area contributed by atoms with Crippen LogP contribution in [-0.4, -0.2) is 59.0 Å². The Morgan fingerprint density at radius 1 is 1.35 bits per heavy atom. The van der Waals surface area contributed by atoms with Crippen molar-refractivity contribution in [2.24, 2.45) is 5.73 Å². The Morgan fingerprint density at radius 2 is 2.00 bits per heavy atom. The van der Waals surface area contributed by atoms with Crippen molar-refractivity contribution in [2.75, 3.05) is 26.2 Å². The zero-order valence-electron chi connectivity index (χ0n) is 11.4. The number of amides is 1. The molecule has 0 aliphatic carbocycles. The third kappa shape index (κ3) is 3.17. The molecular weight excluding hydrogens is 278 g/mol. The van der Waals surface area contributed by atoms with Crippen molar-refractivity contribution >= 4 is 23.2 Å². The lowest BCUT2D eigenvalue weighted by Crippen LogP contribution is -2.54. The minimum absolute atomic E-state index is 0.0879. The van der Waals surface area contributed by atoms with E-state index in [1.54, 1.807) is 11.8 Å². The second kappa shape index (κ2) is 6.34. The highest BCUT2D eigenvalue weighted by atomic mass is 32.1. The number of carboxylic acid groups (broad SMARTS) is 1. The summed E-state index contributed by atoms with van der Waals surface area (Å²) in [5.74, 6) is -0.921. The lowest BCUT2D eigenvalue weighted by atomic mass is 10.2. The van der Waals surface area contributed by atoms with Crippen molar-refractivity contribution in [3.05, 3.63) is 22.4 Å². The molecule has 2 rings (SSSR count). The Labute approximate surface area is 121 Å². The number of rotatable bonds is 4. The number of nitrogens with zero attached hydrogens (tertiary/aromatic N) is 2. The van der Waals surface area contributed by atoms with Crippen LogP contribution >= 0.6 is 11.3 Å². The molecule has 0 aromatic carbocycles. The van der Waals surface area contributed by atoms with Gasteiger partial charge in [0.25, 0.3) is 0 Å². The van der Waals surface area contributed by atoms with Gasteiger partial charge < -0.3 is 15.7 Å². The van der Waals surface area contributed by atoms with Crippen molar-refractivity contribution in [3.8, 4) is 0 Å². The van der Waals surface area contributed by atoms with E-state index in [0.717, 1.165) is 4.88 Å². The summed E-state index contributed by atoms with van der Waals surface area (Å²) in [7, 11) is 0. The Balaban J connectivity index is 1.90. The second-order valence-corrected chi connectivity index (χ2v) is 5.85. The highest BCUT2D eigenvalue weighted by Gasteiger charge is 2.29. The van der Waals surface area contributed by atoms with Crippen molar-refractivity contribution < 1.29 is 14.7 Å². The number of piperazine rings is 1. The highest BCUT2D eigenvalue weighted by molar-refractivity contribution is 7.10. The molecule has 2 atom stereocenters. The summed E-state index contributed by atoms with van der Waals surface area (Å²) in [4.78, 5) is 27.7. The summed E-state index contributed by atoms with van der Waals surface area (Å²) >= 11 is 1.47. The summed E-state index contributed by atoms with van der Waals surface area (Å²) < 4.78 is 0. The second-order valence-electron chi connectivity index (χ2n) is 4.87. The van der Waals surface area contributed by atoms with E-state index < -0.39 is 18.1 Å². The van der Waals surface area contributed by atoms with Gasteiger partial charge in [-0.2, -0.15) is 0 Å². The van der Waals surface area contributed by atoms with E-state index >= 15 is 0 Å². The molecule has 20 heavy (non-hydrogen) atoms. The molecule has 1 fully saturated rings. The zero-order valence-corrected chi connectivity index (χ0v) is 12.2. The van der Waals surface area contributed by atoms with Crippen LogP contribution in [0.3, 0.4) is 0 Å². The Bertz CT molecular complexity index is 469. The average Bonchev–Trinajstić information content (AvgIpc) is 2.99. The summed E-state index contributed by atoms with van der Waals surface area (Å²) in [6.07, 6.45) is 0. The highest BCUT2D eigenvalue weighted by Crippen LogP contribution is 2.19. The van der Waals surface area contributed by atoms with Crippen molar-refractivity contribution in [1.29, 1.82) is 0 Å². The zero-order chi connectivity index (χ0) is 14.7. The molecule has 7 heteroatoms. The van der Waals surface area contributed by atoms with E-state index in [1.807, 2.05) is 22.4 Å². The minimum atomic E-state index is -0.833. The lowest BCUT2D eigenvalue weighted by molar-refractivity contribution is -0.144. The van der Waals surface area contributed by atoms with Crippen LogP contribution < -0.4 is 5.73 Å².